The second kappa shape index (κ2) is 8.09. The van der Waals surface area contributed by atoms with Crippen LogP contribution in [0.5, 0.6) is 17.2 Å². The topological polar surface area (TPSA) is 114 Å². The molecule has 3 N–H and O–H groups in total. The Morgan fingerprint density at radius 2 is 1.66 bits per heavy atom. The van der Waals surface area contributed by atoms with Crippen LogP contribution >= 0.6 is 0 Å². The molecule has 2 aromatic carbocycles. The minimum atomic E-state index is -0.484. The molecule has 0 fully saturated rings. The molecule has 3 aromatic rings. The van der Waals surface area contributed by atoms with E-state index < -0.39 is 5.91 Å². The predicted molar refractivity (Wildman–Crippen MR) is 109 cm³/mol. The van der Waals surface area contributed by atoms with E-state index >= 15 is 0 Å². The van der Waals surface area contributed by atoms with Gasteiger partial charge in [0.1, 0.15) is 0 Å². The van der Waals surface area contributed by atoms with E-state index in [9.17, 15) is 4.79 Å². The summed E-state index contributed by atoms with van der Waals surface area (Å²) in [6, 6.07) is 8.91. The van der Waals surface area contributed by atoms with Crippen molar-refractivity contribution >= 4 is 23.5 Å². The lowest BCUT2D eigenvalue weighted by Gasteiger charge is -2.13. The van der Waals surface area contributed by atoms with Crippen molar-refractivity contribution in [2.45, 2.75) is 13.8 Å². The molecule has 1 aromatic heterocycles. The average Bonchev–Trinajstić information content (AvgIpc) is 3.08. The first-order chi connectivity index (χ1) is 13.9. The summed E-state index contributed by atoms with van der Waals surface area (Å²) in [7, 11) is 4.43. The Kier molecular flexibility index (Phi) is 5.58. The van der Waals surface area contributed by atoms with Gasteiger partial charge in [0, 0.05) is 11.3 Å². The van der Waals surface area contributed by atoms with Crippen molar-refractivity contribution in [3.63, 3.8) is 0 Å². The van der Waals surface area contributed by atoms with Crippen LogP contribution in [0, 0.1) is 13.8 Å². The van der Waals surface area contributed by atoms with Gasteiger partial charge < -0.3 is 25.3 Å². The number of carbonyl (C=O) groups excluding carboxylic acids is 1. The summed E-state index contributed by atoms with van der Waals surface area (Å²) in [6.45, 7) is 4.04. The molecule has 0 amide bonds. The summed E-state index contributed by atoms with van der Waals surface area (Å²) in [6.07, 6.45) is 0. The maximum absolute atomic E-state index is 13.0. The zero-order valence-corrected chi connectivity index (χ0v) is 16.9. The molecular formula is C20H23N5O4. The van der Waals surface area contributed by atoms with Crippen LogP contribution in [0.25, 0.3) is 0 Å². The zero-order valence-electron chi connectivity index (χ0n) is 16.9. The Bertz CT molecular complexity index is 1040. The van der Waals surface area contributed by atoms with E-state index in [1.807, 2.05) is 32.0 Å². The summed E-state index contributed by atoms with van der Waals surface area (Å²) in [5.74, 6) is 0.768. The van der Waals surface area contributed by atoms with E-state index in [-0.39, 0.29) is 17.5 Å². The quantitative estimate of drug-likeness (QED) is 0.653. The van der Waals surface area contributed by atoms with Gasteiger partial charge in [-0.2, -0.15) is 9.67 Å². The van der Waals surface area contributed by atoms with E-state index in [1.165, 1.54) is 39.0 Å². The third-order valence-corrected chi connectivity index (χ3v) is 4.50. The molecule has 152 valence electrons. The number of methoxy groups -OCH3 is 3. The summed E-state index contributed by atoms with van der Waals surface area (Å²) in [4.78, 5) is 17.1. The first-order valence-corrected chi connectivity index (χ1v) is 8.79. The molecular weight excluding hydrogens is 374 g/mol. The molecule has 0 aliphatic rings. The first kappa shape index (κ1) is 20.0. The number of hydrogen-bond donors (Lipinski definition) is 2. The molecule has 9 heteroatoms. The lowest BCUT2D eigenvalue weighted by molar-refractivity contribution is 0.0947. The zero-order chi connectivity index (χ0) is 21.1. The van der Waals surface area contributed by atoms with Crippen molar-refractivity contribution in [3.8, 4) is 17.2 Å². The second-order valence-corrected chi connectivity index (χ2v) is 6.35. The van der Waals surface area contributed by atoms with Gasteiger partial charge in [0.25, 0.3) is 5.91 Å². The van der Waals surface area contributed by atoms with Crippen LogP contribution in [0.15, 0.2) is 30.3 Å². The van der Waals surface area contributed by atoms with Gasteiger partial charge in [-0.1, -0.05) is 6.07 Å². The minimum Gasteiger partial charge on any atom is -0.493 e. The summed E-state index contributed by atoms with van der Waals surface area (Å²) < 4.78 is 16.9. The van der Waals surface area contributed by atoms with Crippen LogP contribution in [0.4, 0.5) is 17.6 Å². The maximum atomic E-state index is 13.0. The number of aromatic nitrogens is 3. The van der Waals surface area contributed by atoms with Crippen molar-refractivity contribution in [2.24, 2.45) is 0 Å². The van der Waals surface area contributed by atoms with Crippen LogP contribution in [0.3, 0.4) is 0 Å². The van der Waals surface area contributed by atoms with Crippen molar-refractivity contribution in [1.82, 2.24) is 14.8 Å². The van der Waals surface area contributed by atoms with Crippen molar-refractivity contribution in [1.29, 1.82) is 0 Å². The summed E-state index contributed by atoms with van der Waals surface area (Å²) in [5.41, 5.74) is 9.27. The van der Waals surface area contributed by atoms with Crippen LogP contribution in [-0.4, -0.2) is 42.0 Å². The molecule has 0 spiro atoms. The van der Waals surface area contributed by atoms with Gasteiger partial charge in [0.15, 0.2) is 11.5 Å². The number of rotatable bonds is 6. The van der Waals surface area contributed by atoms with E-state index in [1.54, 1.807) is 0 Å². The number of nitrogens with two attached hydrogens (primary N) is 1. The normalized spacial score (nSPS) is 10.5. The molecule has 0 unspecified atom stereocenters. The molecule has 0 aliphatic heterocycles. The SMILES string of the molecule is COc1cc(C(=O)n2nc(Nc3ccc(C)c(C)c3)nc2N)cc(OC)c1OC. The number of anilines is 3. The molecule has 1 heterocycles. The van der Waals surface area contributed by atoms with Gasteiger partial charge in [-0.15, -0.1) is 5.10 Å². The largest absolute Gasteiger partial charge is 0.493 e. The molecule has 0 atom stereocenters. The average molecular weight is 397 g/mol. The highest BCUT2D eigenvalue weighted by Gasteiger charge is 2.21. The van der Waals surface area contributed by atoms with Crippen LogP contribution in [-0.2, 0) is 0 Å². The Balaban J connectivity index is 1.93. The lowest BCUT2D eigenvalue weighted by Crippen LogP contribution is -2.17. The molecule has 0 saturated carbocycles. The third-order valence-electron chi connectivity index (χ3n) is 4.50. The number of nitrogen functional groups attached to an aromatic ring is 1. The van der Waals surface area contributed by atoms with Crippen LogP contribution < -0.4 is 25.3 Å². The number of ether oxygens (including phenoxy) is 3. The van der Waals surface area contributed by atoms with Crippen molar-refractivity contribution in [3.05, 3.63) is 47.0 Å². The number of aryl methyl sites for hydroxylation is 2. The highest BCUT2D eigenvalue weighted by atomic mass is 16.5. The molecule has 0 bridgehead atoms. The molecule has 0 radical (unpaired) electrons. The molecule has 0 saturated heterocycles. The maximum Gasteiger partial charge on any atom is 0.281 e. The second-order valence-electron chi connectivity index (χ2n) is 6.35. The Morgan fingerprint density at radius 1 is 1.00 bits per heavy atom. The fourth-order valence-corrected chi connectivity index (χ4v) is 2.80. The number of hydrogen-bond acceptors (Lipinski definition) is 8. The Labute approximate surface area is 168 Å². The summed E-state index contributed by atoms with van der Waals surface area (Å²) >= 11 is 0. The van der Waals surface area contributed by atoms with Crippen LogP contribution in [0.1, 0.15) is 21.5 Å². The standard InChI is InChI=1S/C20H23N5O4/c1-11-6-7-14(8-12(11)2)22-20-23-19(21)25(24-20)18(26)13-9-15(27-3)17(29-5)16(10-13)28-4/h6-10H,1-5H3,(H3,21,22,23,24). The minimum absolute atomic E-state index is 0.0462. The number of nitrogens with one attached hydrogen (secondary N) is 1. The molecule has 0 aliphatic carbocycles. The molecule has 9 nitrogen and oxygen atoms in total. The number of benzene rings is 2. The number of carbonyl (C=O) groups is 1. The summed E-state index contributed by atoms with van der Waals surface area (Å²) in [5, 5.41) is 7.25. The van der Waals surface area contributed by atoms with Gasteiger partial charge in [-0.25, -0.2) is 0 Å². The van der Waals surface area contributed by atoms with Gasteiger partial charge in [-0.3, -0.25) is 4.79 Å². The fourth-order valence-electron chi connectivity index (χ4n) is 2.80. The predicted octanol–water partition coefficient (Wildman–Crippen LogP) is 2.94. The van der Waals surface area contributed by atoms with Gasteiger partial charge in [0.05, 0.1) is 21.3 Å². The lowest BCUT2D eigenvalue weighted by atomic mass is 10.1. The van der Waals surface area contributed by atoms with E-state index in [0.717, 1.165) is 15.9 Å². The van der Waals surface area contributed by atoms with Gasteiger partial charge in [0.2, 0.25) is 17.6 Å². The molecule has 29 heavy (non-hydrogen) atoms. The Hall–Kier alpha value is -3.75. The Morgan fingerprint density at radius 3 is 2.21 bits per heavy atom. The fraction of sp³-hybridized carbons (Fsp3) is 0.250. The van der Waals surface area contributed by atoms with Crippen molar-refractivity contribution < 1.29 is 19.0 Å². The highest BCUT2D eigenvalue weighted by molar-refractivity contribution is 5.98. The van der Waals surface area contributed by atoms with Gasteiger partial charge in [-0.05, 0) is 49.2 Å². The van der Waals surface area contributed by atoms with E-state index in [4.69, 9.17) is 19.9 Å². The number of nitrogens with zero attached hydrogens (tertiary/aromatic N) is 3. The highest BCUT2D eigenvalue weighted by Crippen LogP contribution is 2.38. The first-order valence-electron chi connectivity index (χ1n) is 8.79. The van der Waals surface area contributed by atoms with Gasteiger partial charge >= 0.3 is 0 Å². The monoisotopic (exact) mass is 397 g/mol. The smallest absolute Gasteiger partial charge is 0.281 e. The van der Waals surface area contributed by atoms with E-state index in [2.05, 4.69) is 15.4 Å². The van der Waals surface area contributed by atoms with Crippen LogP contribution in [0.2, 0.25) is 0 Å². The van der Waals surface area contributed by atoms with Crippen molar-refractivity contribution in [2.75, 3.05) is 32.4 Å². The van der Waals surface area contributed by atoms with E-state index in [0.29, 0.717) is 17.2 Å². The third kappa shape index (κ3) is 3.93. The molecule has 3 rings (SSSR count).